The van der Waals surface area contributed by atoms with Crippen molar-refractivity contribution < 1.29 is 0 Å². The number of hydrogen-bond donors (Lipinski definition) is 1. The van der Waals surface area contributed by atoms with Gasteiger partial charge in [-0.1, -0.05) is 25.1 Å². The second kappa shape index (κ2) is 6.24. The SMILES string of the molecule is CCC(C)N(CC)c1ccccc1CNC1CC1. The monoisotopic (exact) mass is 246 g/mol. The molecule has 1 saturated carbocycles. The first-order valence-electron chi connectivity index (χ1n) is 7.34. The number of nitrogens with one attached hydrogen (secondary N) is 1. The van der Waals surface area contributed by atoms with Gasteiger partial charge in [0.05, 0.1) is 0 Å². The predicted octanol–water partition coefficient (Wildman–Crippen LogP) is 3.56. The van der Waals surface area contributed by atoms with Gasteiger partial charge in [-0.15, -0.1) is 0 Å². The molecule has 1 atom stereocenters. The van der Waals surface area contributed by atoms with Gasteiger partial charge in [-0.25, -0.2) is 0 Å². The van der Waals surface area contributed by atoms with Gasteiger partial charge in [-0.05, 0) is 44.7 Å². The van der Waals surface area contributed by atoms with Crippen molar-refractivity contribution in [3.8, 4) is 0 Å². The lowest BCUT2D eigenvalue weighted by atomic mass is 10.1. The minimum atomic E-state index is 0.608. The Labute approximate surface area is 111 Å². The van der Waals surface area contributed by atoms with Crippen LogP contribution in [0.5, 0.6) is 0 Å². The van der Waals surface area contributed by atoms with E-state index in [2.05, 4.69) is 55.3 Å². The van der Waals surface area contributed by atoms with Crippen molar-refractivity contribution in [1.82, 2.24) is 5.32 Å². The average Bonchev–Trinajstić information content (AvgIpc) is 3.22. The maximum absolute atomic E-state index is 3.62. The van der Waals surface area contributed by atoms with Crippen molar-refractivity contribution in [2.75, 3.05) is 11.4 Å². The summed E-state index contributed by atoms with van der Waals surface area (Å²) in [4.78, 5) is 2.52. The van der Waals surface area contributed by atoms with Gasteiger partial charge < -0.3 is 10.2 Å². The normalized spacial score (nSPS) is 16.6. The quantitative estimate of drug-likeness (QED) is 0.791. The lowest BCUT2D eigenvalue weighted by molar-refractivity contribution is 0.621. The summed E-state index contributed by atoms with van der Waals surface area (Å²) in [5, 5.41) is 3.62. The van der Waals surface area contributed by atoms with Gasteiger partial charge >= 0.3 is 0 Å². The molecule has 1 N–H and O–H groups in total. The first kappa shape index (κ1) is 13.4. The third-order valence-corrected chi connectivity index (χ3v) is 3.92. The van der Waals surface area contributed by atoms with E-state index in [4.69, 9.17) is 0 Å². The molecule has 2 heteroatoms. The molecule has 2 rings (SSSR count). The Morgan fingerprint density at radius 1 is 1.28 bits per heavy atom. The Hall–Kier alpha value is -1.02. The van der Waals surface area contributed by atoms with E-state index < -0.39 is 0 Å². The van der Waals surface area contributed by atoms with E-state index in [0.29, 0.717) is 6.04 Å². The molecule has 0 aromatic heterocycles. The van der Waals surface area contributed by atoms with Crippen molar-refractivity contribution in [1.29, 1.82) is 0 Å². The summed E-state index contributed by atoms with van der Waals surface area (Å²) < 4.78 is 0. The Kier molecular flexibility index (Phi) is 4.65. The molecule has 0 saturated heterocycles. The molecule has 0 heterocycles. The van der Waals surface area contributed by atoms with E-state index >= 15 is 0 Å². The second-order valence-corrected chi connectivity index (χ2v) is 5.33. The van der Waals surface area contributed by atoms with E-state index in [-0.39, 0.29) is 0 Å². The minimum Gasteiger partial charge on any atom is -0.369 e. The van der Waals surface area contributed by atoms with Gasteiger partial charge in [-0.3, -0.25) is 0 Å². The zero-order valence-electron chi connectivity index (χ0n) is 11.9. The maximum atomic E-state index is 3.62. The fourth-order valence-corrected chi connectivity index (χ4v) is 2.42. The van der Waals surface area contributed by atoms with E-state index in [1.54, 1.807) is 0 Å². The zero-order valence-corrected chi connectivity index (χ0v) is 11.9. The number of para-hydroxylation sites is 1. The zero-order chi connectivity index (χ0) is 13.0. The summed E-state index contributed by atoms with van der Waals surface area (Å²) in [6.45, 7) is 8.91. The first-order valence-corrected chi connectivity index (χ1v) is 7.34. The largest absolute Gasteiger partial charge is 0.369 e. The fourth-order valence-electron chi connectivity index (χ4n) is 2.42. The van der Waals surface area contributed by atoms with E-state index in [1.165, 1.54) is 30.5 Å². The molecule has 1 aliphatic rings. The lowest BCUT2D eigenvalue weighted by Crippen LogP contribution is -2.33. The molecule has 1 aromatic rings. The van der Waals surface area contributed by atoms with Crippen LogP contribution in [-0.4, -0.2) is 18.6 Å². The highest BCUT2D eigenvalue weighted by Gasteiger charge is 2.21. The number of hydrogen-bond acceptors (Lipinski definition) is 2. The summed E-state index contributed by atoms with van der Waals surface area (Å²) in [5.74, 6) is 0. The molecule has 2 nitrogen and oxygen atoms in total. The lowest BCUT2D eigenvalue weighted by Gasteiger charge is -2.31. The van der Waals surface area contributed by atoms with E-state index in [0.717, 1.165) is 19.1 Å². The van der Waals surface area contributed by atoms with Gasteiger partial charge in [0.25, 0.3) is 0 Å². The number of rotatable bonds is 7. The highest BCUT2D eigenvalue weighted by Crippen LogP contribution is 2.25. The molecule has 0 amide bonds. The van der Waals surface area contributed by atoms with Gasteiger partial charge in [0.15, 0.2) is 0 Å². The maximum Gasteiger partial charge on any atom is 0.0414 e. The topological polar surface area (TPSA) is 15.3 Å². The Morgan fingerprint density at radius 2 is 2.00 bits per heavy atom. The molecule has 1 aliphatic carbocycles. The number of anilines is 1. The summed E-state index contributed by atoms with van der Waals surface area (Å²) in [5.41, 5.74) is 2.84. The van der Waals surface area contributed by atoms with Gasteiger partial charge in [-0.2, -0.15) is 0 Å². The van der Waals surface area contributed by atoms with Crippen molar-refractivity contribution >= 4 is 5.69 Å². The molecule has 100 valence electrons. The van der Waals surface area contributed by atoms with E-state index in [9.17, 15) is 0 Å². The molecular weight excluding hydrogens is 220 g/mol. The third-order valence-electron chi connectivity index (χ3n) is 3.92. The second-order valence-electron chi connectivity index (χ2n) is 5.33. The van der Waals surface area contributed by atoms with Crippen LogP contribution in [0.15, 0.2) is 24.3 Å². The molecule has 0 aliphatic heterocycles. The summed E-state index contributed by atoms with van der Waals surface area (Å²) in [6, 6.07) is 10.2. The predicted molar refractivity (Wildman–Crippen MR) is 79.1 cm³/mol. The standard InChI is InChI=1S/C16H26N2/c1-4-13(3)18(5-2)16-9-7-6-8-14(16)12-17-15-10-11-15/h6-9,13,15,17H,4-5,10-12H2,1-3H3. The summed E-state index contributed by atoms with van der Waals surface area (Å²) in [7, 11) is 0. The average molecular weight is 246 g/mol. The molecule has 18 heavy (non-hydrogen) atoms. The van der Waals surface area contributed by atoms with Crippen molar-refractivity contribution in [3.63, 3.8) is 0 Å². The van der Waals surface area contributed by atoms with Crippen LogP contribution in [0.2, 0.25) is 0 Å². The highest BCUT2D eigenvalue weighted by atomic mass is 15.2. The van der Waals surface area contributed by atoms with Crippen molar-refractivity contribution in [2.45, 2.75) is 58.7 Å². The molecule has 0 spiro atoms. The molecule has 1 unspecified atom stereocenters. The molecule has 0 bridgehead atoms. The highest BCUT2D eigenvalue weighted by molar-refractivity contribution is 5.54. The Morgan fingerprint density at radius 3 is 2.61 bits per heavy atom. The van der Waals surface area contributed by atoms with Crippen LogP contribution in [0.1, 0.15) is 45.6 Å². The number of nitrogens with zero attached hydrogens (tertiary/aromatic N) is 1. The molecule has 0 radical (unpaired) electrons. The van der Waals surface area contributed by atoms with Crippen LogP contribution in [0.4, 0.5) is 5.69 Å². The Bertz CT molecular complexity index is 371. The summed E-state index contributed by atoms with van der Waals surface area (Å²) >= 11 is 0. The number of benzene rings is 1. The first-order chi connectivity index (χ1) is 8.76. The third kappa shape index (κ3) is 3.26. The van der Waals surface area contributed by atoms with Crippen LogP contribution in [0, 0.1) is 0 Å². The van der Waals surface area contributed by atoms with Crippen LogP contribution >= 0.6 is 0 Å². The van der Waals surface area contributed by atoms with E-state index in [1.807, 2.05) is 0 Å². The molecule has 1 aromatic carbocycles. The Balaban J connectivity index is 2.12. The molecule has 1 fully saturated rings. The van der Waals surface area contributed by atoms with Crippen LogP contribution in [0.3, 0.4) is 0 Å². The smallest absolute Gasteiger partial charge is 0.0414 e. The molecular formula is C16H26N2. The van der Waals surface area contributed by atoms with Crippen LogP contribution in [-0.2, 0) is 6.54 Å². The van der Waals surface area contributed by atoms with Gasteiger partial charge in [0.1, 0.15) is 0 Å². The summed E-state index contributed by atoms with van der Waals surface area (Å²) in [6.07, 6.45) is 3.90. The fraction of sp³-hybridized carbons (Fsp3) is 0.625. The van der Waals surface area contributed by atoms with Crippen LogP contribution < -0.4 is 10.2 Å². The van der Waals surface area contributed by atoms with Crippen molar-refractivity contribution in [3.05, 3.63) is 29.8 Å². The van der Waals surface area contributed by atoms with Crippen LogP contribution in [0.25, 0.3) is 0 Å². The minimum absolute atomic E-state index is 0.608. The van der Waals surface area contributed by atoms with Gasteiger partial charge in [0.2, 0.25) is 0 Å². The van der Waals surface area contributed by atoms with Gasteiger partial charge in [0, 0.05) is 30.9 Å². The van der Waals surface area contributed by atoms with Crippen molar-refractivity contribution in [2.24, 2.45) is 0 Å².